The number of rotatable bonds is 7. The molecular formula is C32H40ClNO12. The molecule has 0 amide bonds. The second-order valence-corrected chi connectivity index (χ2v) is 12.3. The van der Waals surface area contributed by atoms with E-state index in [4.69, 9.17) is 29.4 Å². The van der Waals surface area contributed by atoms with E-state index in [0.29, 0.717) is 6.61 Å². The van der Waals surface area contributed by atoms with Crippen LogP contribution in [0.3, 0.4) is 0 Å². The third kappa shape index (κ3) is 5.78. The molecule has 2 heterocycles. The Balaban J connectivity index is 0.00000417. The van der Waals surface area contributed by atoms with Gasteiger partial charge in [-0.3, -0.25) is 9.59 Å². The van der Waals surface area contributed by atoms with Crippen molar-refractivity contribution < 1.29 is 58.8 Å². The molecule has 0 saturated carbocycles. The number of halogens is 1. The molecule has 0 bridgehead atoms. The summed E-state index contributed by atoms with van der Waals surface area (Å²) < 4.78 is 29.6. The van der Waals surface area contributed by atoms with Gasteiger partial charge in [-0.1, -0.05) is 12.1 Å². The third-order valence-corrected chi connectivity index (χ3v) is 9.38. The van der Waals surface area contributed by atoms with Crippen LogP contribution in [0.4, 0.5) is 0 Å². The summed E-state index contributed by atoms with van der Waals surface area (Å²) in [6.07, 6.45) is -3.33. The van der Waals surface area contributed by atoms with Crippen molar-refractivity contribution in [1.82, 2.24) is 0 Å². The lowest BCUT2D eigenvalue weighted by molar-refractivity contribution is -0.282. The van der Waals surface area contributed by atoms with E-state index >= 15 is 0 Å². The molecule has 0 aromatic heterocycles. The standard InChI is InChI=1S/C32H39NO12.ClH/c1-14-31(45-21-8-3-4-9-42-21)17(33)10-22(43-14)44-19-12-32(40,20(35)13-34)11-16-24(19)30(39)26-25(28(16)37)27(36)15-6-5-7-18(41-2)23(15)29(26)38;/h5-7,14,17,19-22,31,34-35,37,39-40H,3-4,8-13,33H2,1-2H3;1H/t14?,17?,19-,20?,21?,22?,31+,32-;/m0./s1. The molecule has 13 nitrogen and oxygen atoms in total. The lowest BCUT2D eigenvalue weighted by Crippen LogP contribution is -2.55. The molecule has 2 aromatic rings. The van der Waals surface area contributed by atoms with E-state index in [1.54, 1.807) is 6.92 Å². The van der Waals surface area contributed by atoms with E-state index in [1.807, 2.05) is 0 Å². The van der Waals surface area contributed by atoms with Crippen LogP contribution in [0.15, 0.2) is 18.2 Å². The maximum Gasteiger partial charge on any atom is 0.202 e. The predicted octanol–water partition coefficient (Wildman–Crippen LogP) is 1.77. The van der Waals surface area contributed by atoms with Crippen LogP contribution < -0.4 is 10.5 Å². The SMILES string of the molecule is COc1cccc2c1C(=O)c1c(O)c3c(c(O)c1C2=O)C[C@@](O)(C(O)CO)C[C@@H]3OC1CC(N)[C@H](OC2CCCCO2)C(C)O1.Cl. The molecule has 2 aliphatic carbocycles. The Morgan fingerprint density at radius 3 is 2.46 bits per heavy atom. The van der Waals surface area contributed by atoms with Gasteiger partial charge in [0.2, 0.25) is 5.78 Å². The Kier molecular flexibility index (Phi) is 10.00. The van der Waals surface area contributed by atoms with Crippen molar-refractivity contribution in [2.45, 2.75) is 94.1 Å². The summed E-state index contributed by atoms with van der Waals surface area (Å²) >= 11 is 0. The fourth-order valence-corrected chi connectivity index (χ4v) is 7.04. The van der Waals surface area contributed by atoms with Crippen molar-refractivity contribution in [3.63, 3.8) is 0 Å². The Bertz CT molecular complexity index is 1480. The Hall–Kier alpha value is -2.85. The second-order valence-electron chi connectivity index (χ2n) is 12.3. The first-order chi connectivity index (χ1) is 21.5. The summed E-state index contributed by atoms with van der Waals surface area (Å²) in [7, 11) is 1.35. The number of carbonyl (C=O) groups is 2. The van der Waals surface area contributed by atoms with Crippen molar-refractivity contribution in [2.24, 2.45) is 5.73 Å². The Morgan fingerprint density at radius 1 is 1.07 bits per heavy atom. The molecule has 0 spiro atoms. The predicted molar refractivity (Wildman–Crippen MR) is 162 cm³/mol. The molecule has 7 N–H and O–H groups in total. The van der Waals surface area contributed by atoms with E-state index in [1.165, 1.54) is 25.3 Å². The number of carbonyl (C=O) groups excluding carboxylic acids is 2. The number of aromatic hydroxyl groups is 2. The first-order valence-corrected chi connectivity index (χ1v) is 15.2. The van der Waals surface area contributed by atoms with Crippen LogP contribution >= 0.6 is 12.4 Å². The number of methoxy groups -OCH3 is 1. The fourth-order valence-electron chi connectivity index (χ4n) is 7.04. The molecule has 2 saturated heterocycles. The van der Waals surface area contributed by atoms with Gasteiger partial charge in [-0.05, 0) is 32.3 Å². The number of nitrogens with two attached hydrogens (primary N) is 1. The Morgan fingerprint density at radius 2 is 1.80 bits per heavy atom. The van der Waals surface area contributed by atoms with Gasteiger partial charge < -0.3 is 55.0 Å². The molecule has 252 valence electrons. The average molecular weight is 666 g/mol. The molecule has 14 heteroatoms. The van der Waals surface area contributed by atoms with Crippen molar-refractivity contribution >= 4 is 24.0 Å². The number of hydrogen-bond donors (Lipinski definition) is 6. The smallest absolute Gasteiger partial charge is 0.202 e. The maximum absolute atomic E-state index is 13.8. The van der Waals surface area contributed by atoms with E-state index in [0.717, 1.165) is 19.3 Å². The molecular weight excluding hydrogens is 626 g/mol. The van der Waals surface area contributed by atoms with Crippen LogP contribution in [0.5, 0.6) is 17.2 Å². The van der Waals surface area contributed by atoms with Crippen LogP contribution in [0.2, 0.25) is 0 Å². The number of fused-ring (bicyclic) bond motifs is 3. The topological polar surface area (TPSA) is 207 Å². The van der Waals surface area contributed by atoms with Gasteiger partial charge in [0.15, 0.2) is 18.4 Å². The van der Waals surface area contributed by atoms with Crippen molar-refractivity contribution in [3.8, 4) is 17.2 Å². The quantitative estimate of drug-likeness (QED) is 0.199. The molecule has 2 aromatic carbocycles. The van der Waals surface area contributed by atoms with Crippen molar-refractivity contribution in [1.29, 1.82) is 0 Å². The number of ether oxygens (including phenoxy) is 5. The van der Waals surface area contributed by atoms with Gasteiger partial charge in [0.05, 0.1) is 48.2 Å². The first-order valence-electron chi connectivity index (χ1n) is 15.2. The molecule has 5 unspecified atom stereocenters. The van der Waals surface area contributed by atoms with Gasteiger partial charge in [-0.25, -0.2) is 0 Å². The minimum atomic E-state index is -2.04. The molecule has 0 radical (unpaired) electrons. The van der Waals surface area contributed by atoms with Crippen molar-refractivity contribution in [3.05, 3.63) is 51.6 Å². The van der Waals surface area contributed by atoms with Gasteiger partial charge in [0.25, 0.3) is 0 Å². The lowest BCUT2D eigenvalue weighted by Gasteiger charge is -2.45. The van der Waals surface area contributed by atoms with Gasteiger partial charge in [0.1, 0.15) is 29.5 Å². The number of aliphatic hydroxyl groups excluding tert-OH is 2. The zero-order valence-corrected chi connectivity index (χ0v) is 26.3. The van der Waals surface area contributed by atoms with Crippen LogP contribution in [-0.2, 0) is 25.4 Å². The summed E-state index contributed by atoms with van der Waals surface area (Å²) in [5.41, 5.74) is 3.37. The van der Waals surface area contributed by atoms with Crippen LogP contribution in [-0.4, -0.2) is 100.0 Å². The van der Waals surface area contributed by atoms with Crippen molar-refractivity contribution in [2.75, 3.05) is 20.3 Å². The highest BCUT2D eigenvalue weighted by Gasteiger charge is 2.50. The molecule has 46 heavy (non-hydrogen) atoms. The van der Waals surface area contributed by atoms with E-state index in [9.17, 15) is 35.1 Å². The van der Waals surface area contributed by atoms with Crippen LogP contribution in [0.25, 0.3) is 0 Å². The van der Waals surface area contributed by atoms with Crippen LogP contribution in [0.1, 0.15) is 88.1 Å². The minimum absolute atomic E-state index is 0. The summed E-state index contributed by atoms with van der Waals surface area (Å²) in [6, 6.07) is 3.91. The number of benzene rings is 2. The number of phenols is 2. The molecule has 6 rings (SSSR count). The van der Waals surface area contributed by atoms with E-state index in [2.05, 4.69) is 0 Å². The molecule has 2 fully saturated rings. The monoisotopic (exact) mass is 665 g/mol. The fraction of sp³-hybridized carbons (Fsp3) is 0.562. The summed E-state index contributed by atoms with van der Waals surface area (Å²) in [4.78, 5) is 27.5. The largest absolute Gasteiger partial charge is 0.507 e. The van der Waals surface area contributed by atoms with Gasteiger partial charge in [0, 0.05) is 48.6 Å². The normalized spacial score (nSPS) is 31.3. The zero-order valence-electron chi connectivity index (χ0n) is 25.5. The molecule has 2 aliphatic heterocycles. The van der Waals surface area contributed by atoms with Gasteiger partial charge in [-0.15, -0.1) is 12.4 Å². The highest BCUT2D eigenvalue weighted by molar-refractivity contribution is 6.31. The number of ketones is 2. The zero-order chi connectivity index (χ0) is 32.2. The van der Waals surface area contributed by atoms with E-state index in [-0.39, 0.29) is 53.3 Å². The minimum Gasteiger partial charge on any atom is -0.507 e. The first kappa shape index (κ1) is 34.5. The second kappa shape index (κ2) is 13.3. The highest BCUT2D eigenvalue weighted by Crippen LogP contribution is 2.53. The third-order valence-electron chi connectivity index (χ3n) is 9.38. The van der Waals surface area contributed by atoms with Gasteiger partial charge >= 0.3 is 0 Å². The van der Waals surface area contributed by atoms with E-state index < -0.39 is 95.9 Å². The number of hydrogen-bond acceptors (Lipinski definition) is 13. The summed E-state index contributed by atoms with van der Waals surface area (Å²) in [6.45, 7) is 1.56. The lowest BCUT2D eigenvalue weighted by atomic mass is 9.71. The number of aliphatic hydroxyl groups is 3. The summed E-state index contributed by atoms with van der Waals surface area (Å²) in [5, 5.41) is 55.1. The highest BCUT2D eigenvalue weighted by atomic mass is 35.5. The average Bonchev–Trinajstić information content (AvgIpc) is 3.02. The van der Waals surface area contributed by atoms with Crippen LogP contribution in [0, 0.1) is 0 Å². The Labute approximate surface area is 271 Å². The maximum atomic E-state index is 13.8. The molecule has 8 atom stereocenters. The number of phenolic OH excluding ortho intramolecular Hbond substituents is 2. The summed E-state index contributed by atoms with van der Waals surface area (Å²) in [5.74, 6) is -2.60. The van der Waals surface area contributed by atoms with Gasteiger partial charge in [-0.2, -0.15) is 0 Å². The molecule has 4 aliphatic rings.